The van der Waals surface area contributed by atoms with E-state index in [0.717, 1.165) is 12.1 Å². The Labute approximate surface area is 146 Å². The number of benzene rings is 2. The molecule has 0 atom stereocenters. The van der Waals surface area contributed by atoms with Gasteiger partial charge in [0.15, 0.2) is 16.9 Å². The van der Waals surface area contributed by atoms with Crippen molar-refractivity contribution in [3.05, 3.63) is 35.1 Å². The summed E-state index contributed by atoms with van der Waals surface area (Å²) < 4.78 is 56.0. The van der Waals surface area contributed by atoms with E-state index in [1.165, 1.54) is 26.4 Å². The molecule has 0 aliphatic heterocycles. The smallest absolute Gasteiger partial charge is 0.264 e. The molecule has 132 valence electrons. The number of hydrogen-bond donors (Lipinski definition) is 1. The number of ether oxygens (including phenoxy) is 2. The Hall–Kier alpha value is -2.59. The second kappa shape index (κ2) is 6.37. The minimum Gasteiger partial charge on any atom is -0.495 e. The van der Waals surface area contributed by atoms with E-state index < -0.39 is 15.8 Å². The van der Waals surface area contributed by atoms with E-state index in [-0.39, 0.29) is 38.1 Å². The van der Waals surface area contributed by atoms with Gasteiger partial charge in [-0.25, -0.2) is 17.4 Å². The summed E-state index contributed by atoms with van der Waals surface area (Å²) >= 11 is 5.99. The van der Waals surface area contributed by atoms with Crippen LogP contribution >= 0.6 is 11.6 Å². The summed E-state index contributed by atoms with van der Waals surface area (Å²) in [6.07, 6.45) is 0. The van der Waals surface area contributed by atoms with Crippen LogP contribution in [0, 0.1) is 5.82 Å². The second-order valence-corrected chi connectivity index (χ2v) is 6.86. The average Bonchev–Trinajstić information content (AvgIpc) is 3.06. The summed E-state index contributed by atoms with van der Waals surface area (Å²) in [5, 5.41) is 7.05. The molecular weight excluding hydrogens is 377 g/mol. The number of fused-ring (bicyclic) bond motifs is 1. The van der Waals surface area contributed by atoms with Crippen LogP contribution in [0.4, 0.5) is 10.1 Å². The number of aromatic nitrogens is 2. The van der Waals surface area contributed by atoms with Crippen LogP contribution in [0.5, 0.6) is 11.5 Å². The van der Waals surface area contributed by atoms with E-state index in [1.807, 2.05) is 0 Å². The standard InChI is InChI=1S/C14H11ClFN3O5S/c1-22-10-6-9(11(23-2)5-7(10)15)19-25(20,21)12-4-3-8(16)13-14(12)18-24-17-13/h3-6,19H,1-2H3. The largest absolute Gasteiger partial charge is 0.495 e. The molecule has 0 saturated carbocycles. The predicted molar refractivity (Wildman–Crippen MR) is 87.1 cm³/mol. The second-order valence-electron chi connectivity index (χ2n) is 4.80. The maximum Gasteiger partial charge on any atom is 0.264 e. The van der Waals surface area contributed by atoms with Gasteiger partial charge in [0.2, 0.25) is 0 Å². The van der Waals surface area contributed by atoms with Crippen molar-refractivity contribution in [3.8, 4) is 11.5 Å². The number of hydrogen-bond acceptors (Lipinski definition) is 7. The molecule has 25 heavy (non-hydrogen) atoms. The Morgan fingerprint density at radius 2 is 1.80 bits per heavy atom. The van der Waals surface area contributed by atoms with Gasteiger partial charge in [-0.1, -0.05) is 11.6 Å². The van der Waals surface area contributed by atoms with Crippen LogP contribution in [-0.2, 0) is 10.0 Å². The van der Waals surface area contributed by atoms with Gasteiger partial charge in [-0.15, -0.1) is 0 Å². The van der Waals surface area contributed by atoms with Crippen LogP contribution in [0.15, 0.2) is 33.8 Å². The molecule has 2 aromatic carbocycles. The fourth-order valence-corrected chi connectivity index (χ4v) is 3.60. The molecule has 0 fully saturated rings. The quantitative estimate of drug-likeness (QED) is 0.717. The molecule has 0 unspecified atom stereocenters. The van der Waals surface area contributed by atoms with Gasteiger partial charge >= 0.3 is 0 Å². The minimum atomic E-state index is -4.15. The zero-order valence-electron chi connectivity index (χ0n) is 12.9. The minimum absolute atomic E-state index is 0.0812. The molecule has 1 N–H and O–H groups in total. The van der Waals surface area contributed by atoms with Crippen LogP contribution in [0.3, 0.4) is 0 Å². The number of sulfonamides is 1. The molecule has 11 heteroatoms. The van der Waals surface area contributed by atoms with E-state index in [2.05, 4.69) is 19.7 Å². The molecule has 0 aliphatic rings. The molecule has 0 amide bonds. The Morgan fingerprint density at radius 3 is 2.48 bits per heavy atom. The van der Waals surface area contributed by atoms with Gasteiger partial charge in [-0.2, -0.15) is 0 Å². The lowest BCUT2D eigenvalue weighted by molar-refractivity contribution is 0.314. The third-order valence-corrected chi connectivity index (χ3v) is 5.03. The number of rotatable bonds is 5. The van der Waals surface area contributed by atoms with E-state index in [4.69, 9.17) is 21.1 Å². The molecule has 1 aromatic heterocycles. The van der Waals surface area contributed by atoms with Crippen LogP contribution in [-0.4, -0.2) is 33.0 Å². The first-order valence-corrected chi connectivity index (χ1v) is 8.58. The summed E-state index contributed by atoms with van der Waals surface area (Å²) in [7, 11) is -1.41. The zero-order chi connectivity index (χ0) is 18.2. The van der Waals surface area contributed by atoms with Crippen molar-refractivity contribution in [2.24, 2.45) is 0 Å². The van der Waals surface area contributed by atoms with E-state index >= 15 is 0 Å². The molecule has 1 heterocycles. The molecule has 0 aliphatic carbocycles. The van der Waals surface area contributed by atoms with Crippen molar-refractivity contribution in [3.63, 3.8) is 0 Å². The normalized spacial score (nSPS) is 11.5. The zero-order valence-corrected chi connectivity index (χ0v) is 14.5. The van der Waals surface area contributed by atoms with Crippen molar-refractivity contribution in [2.45, 2.75) is 4.90 Å². The van der Waals surface area contributed by atoms with Crippen molar-refractivity contribution in [1.29, 1.82) is 0 Å². The van der Waals surface area contributed by atoms with Crippen molar-refractivity contribution in [2.75, 3.05) is 18.9 Å². The number of anilines is 1. The van der Waals surface area contributed by atoms with Crippen molar-refractivity contribution >= 4 is 38.3 Å². The van der Waals surface area contributed by atoms with Crippen molar-refractivity contribution in [1.82, 2.24) is 10.3 Å². The number of nitrogens with zero attached hydrogens (tertiary/aromatic N) is 2. The monoisotopic (exact) mass is 387 g/mol. The Balaban J connectivity index is 2.10. The average molecular weight is 388 g/mol. The maximum atomic E-state index is 13.6. The highest BCUT2D eigenvalue weighted by Crippen LogP contribution is 2.37. The molecular formula is C14H11ClFN3O5S. The van der Waals surface area contributed by atoms with Gasteiger partial charge in [0.05, 0.1) is 24.9 Å². The van der Waals surface area contributed by atoms with E-state index in [0.29, 0.717) is 0 Å². The molecule has 0 bridgehead atoms. The summed E-state index contributed by atoms with van der Waals surface area (Å²) in [4.78, 5) is -0.305. The summed E-state index contributed by atoms with van der Waals surface area (Å²) in [6, 6.07) is 4.78. The van der Waals surface area contributed by atoms with Crippen LogP contribution in [0.25, 0.3) is 11.0 Å². The van der Waals surface area contributed by atoms with E-state index in [1.54, 1.807) is 0 Å². The maximum absolute atomic E-state index is 13.6. The van der Waals surface area contributed by atoms with Crippen LogP contribution < -0.4 is 14.2 Å². The topological polar surface area (TPSA) is 104 Å². The highest BCUT2D eigenvalue weighted by molar-refractivity contribution is 7.93. The molecule has 8 nitrogen and oxygen atoms in total. The first-order valence-electron chi connectivity index (χ1n) is 6.72. The lowest BCUT2D eigenvalue weighted by Crippen LogP contribution is -2.14. The fraction of sp³-hybridized carbons (Fsp3) is 0.143. The van der Waals surface area contributed by atoms with Gasteiger partial charge in [-0.05, 0) is 22.4 Å². The summed E-state index contributed by atoms with van der Waals surface area (Å²) in [6.45, 7) is 0. The van der Waals surface area contributed by atoms with Gasteiger partial charge in [0.25, 0.3) is 10.0 Å². The first kappa shape index (κ1) is 17.2. The third-order valence-electron chi connectivity index (χ3n) is 3.34. The van der Waals surface area contributed by atoms with Gasteiger partial charge in [0, 0.05) is 12.1 Å². The molecule has 3 aromatic rings. The Morgan fingerprint density at radius 1 is 1.12 bits per heavy atom. The molecule has 0 saturated heterocycles. The summed E-state index contributed by atoms with van der Waals surface area (Å²) in [5.41, 5.74) is -0.436. The number of halogens is 2. The van der Waals surface area contributed by atoms with Crippen LogP contribution in [0.1, 0.15) is 0 Å². The van der Waals surface area contributed by atoms with Crippen molar-refractivity contribution < 1.29 is 26.9 Å². The Kier molecular flexibility index (Phi) is 4.39. The van der Waals surface area contributed by atoms with Crippen LogP contribution in [0.2, 0.25) is 5.02 Å². The predicted octanol–water partition coefficient (Wildman–Crippen LogP) is 2.83. The van der Waals surface area contributed by atoms with Gasteiger partial charge in [-0.3, -0.25) is 4.72 Å². The lowest BCUT2D eigenvalue weighted by atomic mass is 10.3. The molecule has 0 spiro atoms. The summed E-state index contributed by atoms with van der Waals surface area (Å²) in [5.74, 6) is -0.334. The fourth-order valence-electron chi connectivity index (χ4n) is 2.17. The highest BCUT2D eigenvalue weighted by atomic mass is 35.5. The lowest BCUT2D eigenvalue weighted by Gasteiger charge is -2.14. The number of methoxy groups -OCH3 is 2. The molecule has 3 rings (SSSR count). The van der Waals surface area contributed by atoms with Gasteiger partial charge in [0.1, 0.15) is 16.4 Å². The first-order chi connectivity index (χ1) is 11.9. The van der Waals surface area contributed by atoms with E-state index in [9.17, 15) is 12.8 Å². The SMILES string of the molecule is COc1cc(NS(=O)(=O)c2ccc(F)c3nonc23)c(OC)cc1Cl. The Bertz CT molecular complexity index is 1050. The number of nitrogens with one attached hydrogen (secondary N) is 1. The molecule has 0 radical (unpaired) electrons. The third kappa shape index (κ3) is 3.05. The van der Waals surface area contributed by atoms with Gasteiger partial charge < -0.3 is 9.47 Å². The highest BCUT2D eigenvalue weighted by Gasteiger charge is 2.24.